The molecule has 4 N–H and O–H groups in total. The molecule has 2 aromatic carbocycles. The fourth-order valence-corrected chi connectivity index (χ4v) is 2.22. The molecule has 0 saturated carbocycles. The molecule has 0 fully saturated rings. The van der Waals surface area contributed by atoms with Crippen LogP contribution in [0.25, 0.3) is 12.2 Å². The van der Waals surface area contributed by atoms with Crippen LogP contribution in [0.2, 0.25) is 0 Å². The smallest absolute Gasteiger partial charge is 0.182 e. The molecule has 2 aromatic rings. The summed E-state index contributed by atoms with van der Waals surface area (Å²) in [5, 5.41) is 37.9. The Kier molecular flexibility index (Phi) is 6.36. The highest BCUT2D eigenvalue weighted by Gasteiger charge is 2.00. The van der Waals surface area contributed by atoms with E-state index < -0.39 is 0 Å². The standard InChI is InChI=1S/C21H20O5/c1-14-10-15(4-8-20(14)25)2-6-18(23)12-19(24)7-3-16-5-9-21(26)17(11-16)13-22/h2-12,22,24-26H,13H2,1H3/b6-2+,7-3+,19-12-. The van der Waals surface area contributed by atoms with Gasteiger partial charge in [0.1, 0.15) is 17.3 Å². The van der Waals surface area contributed by atoms with Crippen molar-refractivity contribution < 1.29 is 25.2 Å². The van der Waals surface area contributed by atoms with E-state index in [-0.39, 0.29) is 29.6 Å². The van der Waals surface area contributed by atoms with E-state index in [0.29, 0.717) is 16.7 Å². The van der Waals surface area contributed by atoms with Gasteiger partial charge in [-0.3, -0.25) is 4.79 Å². The Labute approximate surface area is 151 Å². The van der Waals surface area contributed by atoms with Gasteiger partial charge in [-0.25, -0.2) is 0 Å². The van der Waals surface area contributed by atoms with Crippen molar-refractivity contribution in [3.63, 3.8) is 0 Å². The summed E-state index contributed by atoms with van der Waals surface area (Å²) in [6, 6.07) is 9.61. The summed E-state index contributed by atoms with van der Waals surface area (Å²) in [5.41, 5.74) is 2.50. The predicted molar refractivity (Wildman–Crippen MR) is 101 cm³/mol. The quantitative estimate of drug-likeness (QED) is 0.361. The van der Waals surface area contributed by atoms with Gasteiger partial charge < -0.3 is 20.4 Å². The third-order valence-corrected chi connectivity index (χ3v) is 3.67. The first-order chi connectivity index (χ1) is 12.4. The third kappa shape index (κ3) is 5.36. The van der Waals surface area contributed by atoms with Crippen molar-refractivity contribution in [2.45, 2.75) is 13.5 Å². The van der Waals surface area contributed by atoms with Crippen LogP contribution in [0.3, 0.4) is 0 Å². The van der Waals surface area contributed by atoms with E-state index in [1.165, 1.54) is 18.2 Å². The first-order valence-corrected chi connectivity index (χ1v) is 7.92. The van der Waals surface area contributed by atoms with Crippen LogP contribution in [0.4, 0.5) is 0 Å². The van der Waals surface area contributed by atoms with Gasteiger partial charge in [-0.1, -0.05) is 24.3 Å². The second-order valence-electron chi connectivity index (χ2n) is 5.73. The molecule has 5 nitrogen and oxygen atoms in total. The fraction of sp³-hybridized carbons (Fsp3) is 0.0952. The molecule has 0 amide bonds. The number of carbonyl (C=O) groups is 1. The van der Waals surface area contributed by atoms with Gasteiger partial charge in [0.05, 0.1) is 6.61 Å². The van der Waals surface area contributed by atoms with E-state index in [0.717, 1.165) is 11.6 Å². The number of hydrogen-bond donors (Lipinski definition) is 4. The van der Waals surface area contributed by atoms with Crippen LogP contribution in [0.1, 0.15) is 22.3 Å². The van der Waals surface area contributed by atoms with Gasteiger partial charge in [0.2, 0.25) is 0 Å². The molecule has 0 aliphatic rings. The summed E-state index contributed by atoms with van der Waals surface area (Å²) in [6.07, 6.45) is 6.90. The van der Waals surface area contributed by atoms with Crippen molar-refractivity contribution in [2.75, 3.05) is 0 Å². The summed E-state index contributed by atoms with van der Waals surface area (Å²) < 4.78 is 0. The molecule has 0 radical (unpaired) electrons. The number of aryl methyl sites for hydroxylation is 1. The Balaban J connectivity index is 2.04. The molecule has 26 heavy (non-hydrogen) atoms. The highest BCUT2D eigenvalue weighted by Crippen LogP contribution is 2.19. The number of aromatic hydroxyl groups is 2. The molecule has 0 unspecified atom stereocenters. The number of ketones is 1. The van der Waals surface area contributed by atoms with Crippen LogP contribution in [-0.4, -0.2) is 26.2 Å². The minimum atomic E-state index is -0.389. The third-order valence-electron chi connectivity index (χ3n) is 3.67. The van der Waals surface area contributed by atoms with Crippen molar-refractivity contribution in [1.29, 1.82) is 0 Å². The lowest BCUT2D eigenvalue weighted by atomic mass is 10.1. The Morgan fingerprint density at radius 3 is 2.23 bits per heavy atom. The molecule has 0 spiro atoms. The van der Waals surface area contributed by atoms with E-state index in [2.05, 4.69) is 0 Å². The van der Waals surface area contributed by atoms with Crippen LogP contribution in [0, 0.1) is 6.92 Å². The van der Waals surface area contributed by atoms with Gasteiger partial charge in [0, 0.05) is 11.6 Å². The van der Waals surface area contributed by atoms with Crippen LogP contribution in [0.5, 0.6) is 11.5 Å². The number of carbonyl (C=O) groups excluding carboxylic acids is 1. The molecular weight excluding hydrogens is 332 g/mol. The maximum absolute atomic E-state index is 11.9. The lowest BCUT2D eigenvalue weighted by Gasteiger charge is -2.02. The van der Waals surface area contributed by atoms with Crippen molar-refractivity contribution >= 4 is 17.9 Å². The SMILES string of the molecule is Cc1cc(/C=C/C(=O)/C=C(O)/C=C/c2ccc(O)c(CO)c2)ccc1O. The molecule has 0 aliphatic carbocycles. The highest BCUT2D eigenvalue weighted by molar-refractivity contribution is 6.02. The second-order valence-corrected chi connectivity index (χ2v) is 5.73. The number of allylic oxidation sites excluding steroid dienone is 3. The van der Waals surface area contributed by atoms with E-state index >= 15 is 0 Å². The van der Waals surface area contributed by atoms with Gasteiger partial charge in [-0.05, 0) is 60.0 Å². The average Bonchev–Trinajstić information content (AvgIpc) is 2.62. The van der Waals surface area contributed by atoms with E-state index in [1.54, 1.807) is 49.4 Å². The van der Waals surface area contributed by atoms with Crippen LogP contribution < -0.4 is 0 Å². The number of phenolic OH excluding ortho intramolecular Hbond substituents is 1. The molecule has 0 bridgehead atoms. The van der Waals surface area contributed by atoms with E-state index in [1.807, 2.05) is 0 Å². The lowest BCUT2D eigenvalue weighted by Crippen LogP contribution is -1.89. The van der Waals surface area contributed by atoms with Crippen LogP contribution >= 0.6 is 0 Å². The van der Waals surface area contributed by atoms with Crippen molar-refractivity contribution in [3.05, 3.63) is 82.6 Å². The number of aliphatic hydroxyl groups is 2. The monoisotopic (exact) mass is 352 g/mol. The maximum atomic E-state index is 11.9. The molecular formula is C21H20O5. The van der Waals surface area contributed by atoms with Gasteiger partial charge in [-0.2, -0.15) is 0 Å². The Bertz CT molecular complexity index is 891. The lowest BCUT2D eigenvalue weighted by molar-refractivity contribution is -0.110. The summed E-state index contributed by atoms with van der Waals surface area (Å²) in [4.78, 5) is 11.9. The van der Waals surface area contributed by atoms with Gasteiger partial charge >= 0.3 is 0 Å². The molecule has 0 saturated heterocycles. The molecule has 0 atom stereocenters. The topological polar surface area (TPSA) is 98.0 Å². The molecule has 0 heterocycles. The molecule has 5 heteroatoms. The number of rotatable bonds is 6. The minimum Gasteiger partial charge on any atom is -0.508 e. The Morgan fingerprint density at radius 1 is 0.962 bits per heavy atom. The molecule has 134 valence electrons. The van der Waals surface area contributed by atoms with Crippen molar-refractivity contribution in [1.82, 2.24) is 0 Å². The molecule has 2 rings (SSSR count). The molecule has 0 aromatic heterocycles. The number of phenols is 2. The van der Waals surface area contributed by atoms with Crippen LogP contribution in [-0.2, 0) is 11.4 Å². The number of aliphatic hydroxyl groups excluding tert-OH is 2. The summed E-state index contributed by atoms with van der Waals surface area (Å²) in [7, 11) is 0. The highest BCUT2D eigenvalue weighted by atomic mass is 16.3. The van der Waals surface area contributed by atoms with E-state index in [9.17, 15) is 20.1 Å². The Morgan fingerprint density at radius 2 is 1.58 bits per heavy atom. The second kappa shape index (κ2) is 8.69. The summed E-state index contributed by atoms with van der Waals surface area (Å²) in [5.74, 6) is -0.427. The molecule has 0 aliphatic heterocycles. The normalized spacial score (nSPS) is 12.2. The van der Waals surface area contributed by atoms with Crippen LogP contribution in [0.15, 0.2) is 60.4 Å². The van der Waals surface area contributed by atoms with Gasteiger partial charge in [0.15, 0.2) is 5.78 Å². The number of hydrogen-bond acceptors (Lipinski definition) is 5. The van der Waals surface area contributed by atoms with E-state index in [4.69, 9.17) is 5.11 Å². The first-order valence-electron chi connectivity index (χ1n) is 7.92. The average molecular weight is 352 g/mol. The Hall–Kier alpha value is -3.31. The zero-order valence-electron chi connectivity index (χ0n) is 14.3. The zero-order chi connectivity index (χ0) is 19.1. The summed E-state index contributed by atoms with van der Waals surface area (Å²) >= 11 is 0. The largest absolute Gasteiger partial charge is 0.508 e. The predicted octanol–water partition coefficient (Wildman–Crippen LogP) is 3.64. The minimum absolute atomic E-state index is 0.00537. The van der Waals surface area contributed by atoms with Crippen molar-refractivity contribution in [2.24, 2.45) is 0 Å². The fourth-order valence-electron chi connectivity index (χ4n) is 2.22. The maximum Gasteiger partial charge on any atom is 0.182 e. The summed E-state index contributed by atoms with van der Waals surface area (Å²) in [6.45, 7) is 1.46. The zero-order valence-corrected chi connectivity index (χ0v) is 14.3. The van der Waals surface area contributed by atoms with Crippen molar-refractivity contribution in [3.8, 4) is 11.5 Å². The number of benzene rings is 2. The first kappa shape index (κ1) is 19.0. The van der Waals surface area contributed by atoms with Gasteiger partial charge in [-0.15, -0.1) is 0 Å². The van der Waals surface area contributed by atoms with Gasteiger partial charge in [0.25, 0.3) is 0 Å².